The Kier molecular flexibility index (Phi) is 5.30. The molecule has 1 heterocycles. The SMILES string of the molecule is Cc1coc(SCCCOc2ccc(CN)cc2)n1. The Balaban J connectivity index is 1.63. The molecule has 2 rings (SSSR count). The van der Waals surface area contributed by atoms with E-state index in [2.05, 4.69) is 4.98 Å². The second-order valence-electron chi connectivity index (χ2n) is 4.15. The van der Waals surface area contributed by atoms with Gasteiger partial charge >= 0.3 is 0 Å². The highest BCUT2D eigenvalue weighted by atomic mass is 32.2. The maximum Gasteiger partial charge on any atom is 0.255 e. The number of thioether (sulfide) groups is 1. The molecule has 0 bridgehead atoms. The summed E-state index contributed by atoms with van der Waals surface area (Å²) in [5.74, 6) is 1.81. The predicted molar refractivity (Wildman–Crippen MR) is 76.4 cm³/mol. The van der Waals surface area contributed by atoms with Crippen LogP contribution >= 0.6 is 11.8 Å². The lowest BCUT2D eigenvalue weighted by atomic mass is 10.2. The molecule has 0 aliphatic heterocycles. The molecule has 2 aromatic rings. The third-order valence-electron chi connectivity index (χ3n) is 2.54. The minimum Gasteiger partial charge on any atom is -0.494 e. The number of aryl methyl sites for hydroxylation is 1. The normalized spacial score (nSPS) is 10.6. The van der Waals surface area contributed by atoms with E-state index < -0.39 is 0 Å². The summed E-state index contributed by atoms with van der Waals surface area (Å²) in [7, 11) is 0. The molecule has 5 heteroatoms. The van der Waals surface area contributed by atoms with E-state index in [-0.39, 0.29) is 0 Å². The minimum atomic E-state index is 0.562. The van der Waals surface area contributed by atoms with E-state index in [1.807, 2.05) is 31.2 Å². The van der Waals surface area contributed by atoms with Crippen LogP contribution in [-0.2, 0) is 6.54 Å². The van der Waals surface area contributed by atoms with Crippen molar-refractivity contribution in [3.63, 3.8) is 0 Å². The Labute approximate surface area is 117 Å². The molecule has 0 spiro atoms. The molecule has 0 saturated carbocycles. The molecule has 0 aliphatic carbocycles. The number of benzene rings is 1. The molecule has 0 radical (unpaired) electrons. The summed E-state index contributed by atoms with van der Waals surface area (Å²) in [6.45, 7) is 3.17. The lowest BCUT2D eigenvalue weighted by Crippen LogP contribution is -2.00. The molecule has 0 amide bonds. The summed E-state index contributed by atoms with van der Waals surface area (Å²) in [6, 6.07) is 7.87. The fourth-order valence-electron chi connectivity index (χ4n) is 1.53. The zero-order chi connectivity index (χ0) is 13.5. The second kappa shape index (κ2) is 7.21. The molecule has 1 aromatic carbocycles. The maximum absolute atomic E-state index is 5.64. The van der Waals surface area contributed by atoms with E-state index in [0.717, 1.165) is 34.4 Å². The van der Waals surface area contributed by atoms with Gasteiger partial charge in [0.05, 0.1) is 12.3 Å². The third kappa shape index (κ3) is 4.61. The molecule has 0 atom stereocenters. The van der Waals surface area contributed by atoms with Gasteiger partial charge in [-0.05, 0) is 31.0 Å². The van der Waals surface area contributed by atoms with E-state index in [4.69, 9.17) is 14.9 Å². The van der Waals surface area contributed by atoms with E-state index in [0.29, 0.717) is 13.2 Å². The van der Waals surface area contributed by atoms with E-state index >= 15 is 0 Å². The molecule has 0 fully saturated rings. The van der Waals surface area contributed by atoms with Gasteiger partial charge in [-0.2, -0.15) is 0 Å². The van der Waals surface area contributed by atoms with Crippen LogP contribution in [0.15, 0.2) is 40.2 Å². The fourth-order valence-corrected chi connectivity index (χ4v) is 2.29. The Hall–Kier alpha value is -1.46. The van der Waals surface area contributed by atoms with E-state index in [1.54, 1.807) is 18.0 Å². The summed E-state index contributed by atoms with van der Waals surface area (Å²) in [5.41, 5.74) is 7.57. The number of oxazole rings is 1. The van der Waals surface area contributed by atoms with Gasteiger partial charge in [-0.15, -0.1) is 0 Å². The Bertz CT molecular complexity index is 496. The van der Waals surface area contributed by atoms with Crippen LogP contribution in [0.5, 0.6) is 5.75 Å². The lowest BCUT2D eigenvalue weighted by Gasteiger charge is -2.06. The topological polar surface area (TPSA) is 61.3 Å². The van der Waals surface area contributed by atoms with Crippen molar-refractivity contribution in [2.24, 2.45) is 5.73 Å². The Morgan fingerprint density at radius 2 is 2.11 bits per heavy atom. The maximum atomic E-state index is 5.64. The quantitative estimate of drug-likeness (QED) is 0.623. The highest BCUT2D eigenvalue weighted by molar-refractivity contribution is 7.99. The second-order valence-corrected chi connectivity index (χ2v) is 5.20. The van der Waals surface area contributed by atoms with Gasteiger partial charge in [0.1, 0.15) is 12.0 Å². The van der Waals surface area contributed by atoms with Crippen LogP contribution in [0.2, 0.25) is 0 Å². The first-order valence-corrected chi connectivity index (χ1v) is 7.23. The summed E-state index contributed by atoms with van der Waals surface area (Å²) in [4.78, 5) is 4.23. The van der Waals surface area contributed by atoms with Crippen LogP contribution in [-0.4, -0.2) is 17.3 Å². The highest BCUT2D eigenvalue weighted by Crippen LogP contribution is 2.18. The molecule has 102 valence electrons. The minimum absolute atomic E-state index is 0.562. The van der Waals surface area contributed by atoms with Crippen LogP contribution in [0.25, 0.3) is 0 Å². The van der Waals surface area contributed by atoms with Crippen molar-refractivity contribution in [1.82, 2.24) is 4.98 Å². The summed E-state index contributed by atoms with van der Waals surface area (Å²) < 4.78 is 10.9. The van der Waals surface area contributed by atoms with Crippen molar-refractivity contribution in [3.8, 4) is 5.75 Å². The molecular formula is C14H18N2O2S. The number of hydrogen-bond donors (Lipinski definition) is 1. The fraction of sp³-hybridized carbons (Fsp3) is 0.357. The van der Waals surface area contributed by atoms with E-state index in [1.165, 1.54) is 0 Å². The Morgan fingerprint density at radius 3 is 2.74 bits per heavy atom. The molecule has 19 heavy (non-hydrogen) atoms. The number of ether oxygens (including phenoxy) is 1. The van der Waals surface area contributed by atoms with Gasteiger partial charge in [-0.25, -0.2) is 4.98 Å². The monoisotopic (exact) mass is 278 g/mol. The average Bonchev–Trinajstić information content (AvgIpc) is 2.85. The van der Waals surface area contributed by atoms with Gasteiger partial charge in [-0.3, -0.25) is 0 Å². The van der Waals surface area contributed by atoms with Gasteiger partial charge in [0.25, 0.3) is 5.22 Å². The highest BCUT2D eigenvalue weighted by Gasteiger charge is 2.01. The number of nitrogens with two attached hydrogens (primary N) is 1. The Morgan fingerprint density at radius 1 is 1.32 bits per heavy atom. The zero-order valence-corrected chi connectivity index (χ0v) is 11.8. The molecule has 0 saturated heterocycles. The van der Waals surface area contributed by atoms with Crippen molar-refractivity contribution in [3.05, 3.63) is 41.8 Å². The van der Waals surface area contributed by atoms with Crippen molar-refractivity contribution in [2.75, 3.05) is 12.4 Å². The van der Waals surface area contributed by atoms with E-state index in [9.17, 15) is 0 Å². The van der Waals surface area contributed by atoms with Crippen LogP contribution in [0.4, 0.5) is 0 Å². The summed E-state index contributed by atoms with van der Waals surface area (Å²) in [6.07, 6.45) is 2.61. The summed E-state index contributed by atoms with van der Waals surface area (Å²) >= 11 is 1.61. The first-order valence-electron chi connectivity index (χ1n) is 6.24. The average molecular weight is 278 g/mol. The smallest absolute Gasteiger partial charge is 0.255 e. The first-order chi connectivity index (χ1) is 9.28. The molecule has 1 aromatic heterocycles. The number of rotatable bonds is 7. The number of aromatic nitrogens is 1. The van der Waals surface area contributed by atoms with Crippen molar-refractivity contribution in [2.45, 2.75) is 25.1 Å². The molecule has 2 N–H and O–H groups in total. The van der Waals surface area contributed by atoms with Crippen LogP contribution in [0.1, 0.15) is 17.7 Å². The van der Waals surface area contributed by atoms with Crippen LogP contribution in [0, 0.1) is 6.92 Å². The van der Waals surface area contributed by atoms with Crippen molar-refractivity contribution < 1.29 is 9.15 Å². The predicted octanol–water partition coefficient (Wildman–Crippen LogP) is 3.00. The van der Waals surface area contributed by atoms with Gasteiger partial charge in [0.15, 0.2) is 0 Å². The number of hydrogen-bond acceptors (Lipinski definition) is 5. The number of nitrogens with zero attached hydrogens (tertiary/aromatic N) is 1. The largest absolute Gasteiger partial charge is 0.494 e. The zero-order valence-electron chi connectivity index (χ0n) is 11.0. The molecule has 0 aliphatic rings. The summed E-state index contributed by atoms with van der Waals surface area (Å²) in [5, 5.41) is 0.727. The van der Waals surface area contributed by atoms with Gasteiger partial charge in [0, 0.05) is 12.3 Å². The van der Waals surface area contributed by atoms with Crippen LogP contribution < -0.4 is 10.5 Å². The molecular weight excluding hydrogens is 260 g/mol. The molecule has 4 nitrogen and oxygen atoms in total. The standard InChI is InChI=1S/C14H18N2O2S/c1-11-10-18-14(16-11)19-8-2-7-17-13-5-3-12(9-15)4-6-13/h3-6,10H,2,7-9,15H2,1H3. The molecule has 0 unspecified atom stereocenters. The van der Waals surface area contributed by atoms with Crippen molar-refractivity contribution in [1.29, 1.82) is 0 Å². The lowest BCUT2D eigenvalue weighted by molar-refractivity contribution is 0.318. The van der Waals surface area contributed by atoms with Gasteiger partial charge in [0.2, 0.25) is 0 Å². The first kappa shape index (κ1) is 14.0. The van der Waals surface area contributed by atoms with Gasteiger partial charge in [-0.1, -0.05) is 23.9 Å². The van der Waals surface area contributed by atoms with Crippen LogP contribution in [0.3, 0.4) is 0 Å². The third-order valence-corrected chi connectivity index (χ3v) is 3.47. The van der Waals surface area contributed by atoms with Gasteiger partial charge < -0.3 is 14.9 Å². The van der Waals surface area contributed by atoms with Crippen molar-refractivity contribution >= 4 is 11.8 Å².